The smallest absolute Gasteiger partial charge is 0.352 e. The van der Waals surface area contributed by atoms with Crippen LogP contribution in [-0.2, 0) is 35.8 Å². The Morgan fingerprint density at radius 1 is 1.39 bits per heavy atom. The van der Waals surface area contributed by atoms with Crippen molar-refractivity contribution in [3.8, 4) is 0 Å². The molecule has 16 nitrogen and oxygen atoms in total. The topological polar surface area (TPSA) is 203 Å². The average Bonchev–Trinajstić information content (AvgIpc) is 3.32. The van der Waals surface area contributed by atoms with Crippen LogP contribution in [0, 0.1) is 0 Å². The minimum absolute atomic E-state index is 0.0473. The van der Waals surface area contributed by atoms with Crippen molar-refractivity contribution >= 4 is 59.2 Å². The van der Waals surface area contributed by atoms with Crippen LogP contribution in [0.1, 0.15) is 5.69 Å². The number of pyridine rings is 1. The first-order valence-electron chi connectivity index (χ1n) is 10.7. The first-order valence-corrected chi connectivity index (χ1v) is 12.7. The zero-order chi connectivity index (χ0) is 27.4. The van der Waals surface area contributed by atoms with Crippen molar-refractivity contribution in [1.29, 1.82) is 0 Å². The second-order valence-electron chi connectivity index (χ2n) is 7.66. The van der Waals surface area contributed by atoms with Crippen LogP contribution in [-0.4, -0.2) is 102 Å². The number of thioether (sulfide) groups is 2. The predicted molar refractivity (Wildman–Crippen MR) is 133 cm³/mol. The molecule has 0 bridgehead atoms. The van der Waals surface area contributed by atoms with Crippen molar-refractivity contribution in [3.63, 3.8) is 0 Å². The van der Waals surface area contributed by atoms with E-state index in [2.05, 4.69) is 36.3 Å². The number of tetrazole rings is 1. The van der Waals surface area contributed by atoms with Crippen LogP contribution < -0.4 is 10.6 Å². The van der Waals surface area contributed by atoms with Crippen LogP contribution >= 0.6 is 23.5 Å². The van der Waals surface area contributed by atoms with Gasteiger partial charge in [0.25, 0.3) is 17.5 Å². The summed E-state index contributed by atoms with van der Waals surface area (Å²) in [5.74, 6) is -2.30. The second-order valence-corrected chi connectivity index (χ2v) is 9.67. The highest BCUT2D eigenvalue weighted by molar-refractivity contribution is 8.01. The van der Waals surface area contributed by atoms with Gasteiger partial charge in [-0.1, -0.05) is 23.0 Å². The molecule has 38 heavy (non-hydrogen) atoms. The maximum atomic E-state index is 13.4. The third-order valence-electron chi connectivity index (χ3n) is 5.49. The molecule has 1 saturated heterocycles. The van der Waals surface area contributed by atoms with Crippen molar-refractivity contribution in [3.05, 3.63) is 35.2 Å². The molecule has 2 aliphatic rings. The van der Waals surface area contributed by atoms with E-state index in [1.165, 1.54) is 60.6 Å². The Kier molecular flexibility index (Phi) is 7.93. The molecule has 0 aromatic carbocycles. The number of carboxylic acid groups (broad SMARTS) is 1. The Hall–Kier alpha value is -4.03. The summed E-state index contributed by atoms with van der Waals surface area (Å²) < 4.78 is 6.93. The normalized spacial score (nSPS) is 20.9. The number of amides is 3. The zero-order valence-electron chi connectivity index (χ0n) is 20.1. The maximum absolute atomic E-state index is 13.4. The van der Waals surface area contributed by atoms with Crippen LogP contribution in [0.25, 0.3) is 0 Å². The number of aromatic nitrogens is 5. The Bertz CT molecular complexity index is 1350. The van der Waals surface area contributed by atoms with E-state index < -0.39 is 28.9 Å². The summed E-state index contributed by atoms with van der Waals surface area (Å²) in [7, 11) is 4.11. The number of nitrogens with zero attached hydrogens (tertiary/aromatic N) is 7. The van der Waals surface area contributed by atoms with Gasteiger partial charge in [0.15, 0.2) is 5.71 Å². The molecule has 18 heteroatoms. The summed E-state index contributed by atoms with van der Waals surface area (Å²) in [5.41, 5.74) is -1.83. The number of hydrogen-bond acceptors (Lipinski definition) is 13. The lowest BCUT2D eigenvalue weighted by Crippen LogP contribution is -2.81. The summed E-state index contributed by atoms with van der Waals surface area (Å²) in [6.45, 7) is 0. The fourth-order valence-corrected chi connectivity index (χ4v) is 6.21. The number of anilines is 1. The standard InChI is InChI=1S/C20H21N9O7S2/c1-28-19(24-26-27-28)38-8-10-7-37-18-20(35-2,17(34)29(18)14(10)16(32)33)23-15(31)13(25-36-3)11-5-4-6-12(22-11)21-9-30/h4-6,9,18H,7-8H2,1-3H3,(H,23,31)(H,32,33)(H,21,22,30)/t18-,20?/m1/s1. The Balaban J connectivity index is 1.59. The minimum atomic E-state index is -1.87. The minimum Gasteiger partial charge on any atom is -0.477 e. The van der Waals surface area contributed by atoms with Gasteiger partial charge in [0.1, 0.15) is 29.7 Å². The van der Waals surface area contributed by atoms with E-state index in [1.54, 1.807) is 7.05 Å². The van der Waals surface area contributed by atoms with Crippen molar-refractivity contribution in [2.24, 2.45) is 12.2 Å². The first kappa shape index (κ1) is 27.0. The molecule has 1 fully saturated rings. The molecule has 3 N–H and O–H groups in total. The monoisotopic (exact) mass is 563 g/mol. The van der Waals surface area contributed by atoms with Crippen molar-refractivity contribution in [1.82, 2.24) is 35.4 Å². The van der Waals surface area contributed by atoms with E-state index >= 15 is 0 Å². The van der Waals surface area contributed by atoms with E-state index in [9.17, 15) is 24.3 Å². The molecular weight excluding hydrogens is 542 g/mol. The largest absolute Gasteiger partial charge is 0.477 e. The number of carbonyl (C=O) groups is 4. The van der Waals surface area contributed by atoms with Gasteiger partial charge in [0.2, 0.25) is 11.6 Å². The van der Waals surface area contributed by atoms with E-state index in [1.807, 2.05) is 0 Å². The van der Waals surface area contributed by atoms with Crippen LogP contribution in [0.15, 0.2) is 39.8 Å². The molecule has 0 radical (unpaired) electrons. The van der Waals surface area contributed by atoms with Crippen molar-refractivity contribution < 1.29 is 33.9 Å². The molecule has 4 rings (SSSR count). The van der Waals surface area contributed by atoms with Gasteiger partial charge in [-0.15, -0.1) is 16.9 Å². The fraction of sp³-hybridized carbons (Fsp3) is 0.350. The lowest BCUT2D eigenvalue weighted by atomic mass is 9.98. The molecule has 0 aliphatic carbocycles. The molecule has 2 aliphatic heterocycles. The fourth-order valence-electron chi connectivity index (χ4n) is 3.78. The molecule has 3 amide bonds. The first-order chi connectivity index (χ1) is 18.3. The highest BCUT2D eigenvalue weighted by Crippen LogP contribution is 2.47. The lowest BCUT2D eigenvalue weighted by molar-refractivity contribution is -0.191. The number of oxime groups is 1. The van der Waals surface area contributed by atoms with Crippen LogP contribution in [0.5, 0.6) is 0 Å². The summed E-state index contributed by atoms with van der Waals surface area (Å²) in [5, 5.41) is 29.3. The quantitative estimate of drug-likeness (QED) is 0.0753. The number of carboxylic acids is 1. The van der Waals surface area contributed by atoms with E-state index in [0.717, 1.165) is 4.90 Å². The van der Waals surface area contributed by atoms with Crippen molar-refractivity contribution in [2.75, 3.05) is 31.0 Å². The van der Waals surface area contributed by atoms with Crippen LogP contribution in [0.2, 0.25) is 0 Å². The summed E-state index contributed by atoms with van der Waals surface area (Å²) in [6, 6.07) is 4.49. The number of fused-ring (bicyclic) bond motifs is 1. The van der Waals surface area contributed by atoms with Crippen molar-refractivity contribution in [2.45, 2.75) is 16.3 Å². The lowest BCUT2D eigenvalue weighted by Gasteiger charge is -2.55. The number of rotatable bonds is 11. The number of methoxy groups -OCH3 is 1. The van der Waals surface area contributed by atoms with Gasteiger partial charge < -0.3 is 25.3 Å². The molecule has 2 aromatic heterocycles. The highest BCUT2D eigenvalue weighted by atomic mass is 32.2. The molecule has 4 heterocycles. The highest BCUT2D eigenvalue weighted by Gasteiger charge is 2.66. The van der Waals surface area contributed by atoms with E-state index in [-0.39, 0.29) is 34.4 Å². The van der Waals surface area contributed by atoms with Gasteiger partial charge in [0.05, 0.1) is 0 Å². The predicted octanol–water partition coefficient (Wildman–Crippen LogP) is -0.971. The molecule has 200 valence electrons. The van der Waals surface area contributed by atoms with Crippen LogP contribution in [0.4, 0.5) is 5.82 Å². The number of aryl methyl sites for hydroxylation is 1. The Morgan fingerprint density at radius 3 is 2.82 bits per heavy atom. The molecule has 1 unspecified atom stereocenters. The summed E-state index contributed by atoms with van der Waals surface area (Å²) in [4.78, 5) is 59.6. The van der Waals surface area contributed by atoms with E-state index in [0.29, 0.717) is 17.1 Å². The molecular formula is C20H21N9O7S2. The SMILES string of the molecule is CON=C(C(=O)NC1(OC)C(=O)N2C(C(=O)O)=C(CSc3nnnn3C)CS[C@@H]21)c1cccc(NC=O)n1. The number of hydrogen-bond donors (Lipinski definition) is 3. The van der Waals surface area contributed by atoms with Crippen LogP contribution in [0.3, 0.4) is 0 Å². The third kappa shape index (κ3) is 4.79. The maximum Gasteiger partial charge on any atom is 0.352 e. The Morgan fingerprint density at radius 2 is 2.18 bits per heavy atom. The zero-order valence-corrected chi connectivity index (χ0v) is 21.8. The summed E-state index contributed by atoms with van der Waals surface area (Å²) in [6.07, 6.45) is 0.422. The average molecular weight is 564 g/mol. The number of ether oxygens (including phenoxy) is 1. The van der Waals surface area contributed by atoms with Gasteiger partial charge in [0, 0.05) is 25.7 Å². The van der Waals surface area contributed by atoms with Gasteiger partial charge >= 0.3 is 5.97 Å². The number of carbonyl (C=O) groups excluding carboxylic acids is 3. The molecule has 0 spiro atoms. The molecule has 2 aromatic rings. The van der Waals surface area contributed by atoms with E-state index in [4.69, 9.17) is 9.57 Å². The van der Waals surface area contributed by atoms with Gasteiger partial charge in [-0.3, -0.25) is 19.3 Å². The number of aliphatic carboxylic acids is 1. The van der Waals surface area contributed by atoms with Gasteiger partial charge in [-0.05, 0) is 28.1 Å². The summed E-state index contributed by atoms with van der Waals surface area (Å²) >= 11 is 2.46. The number of nitrogens with one attached hydrogen (secondary N) is 2. The number of β-lactam (4-membered cyclic amide) rings is 1. The third-order valence-corrected chi connectivity index (χ3v) is 7.96. The molecule has 2 atom stereocenters. The molecule has 0 saturated carbocycles. The Labute approximate surface area is 223 Å². The van der Waals surface area contributed by atoms with Gasteiger partial charge in [-0.2, -0.15) is 0 Å². The second kappa shape index (κ2) is 11.2. The van der Waals surface area contributed by atoms with Gasteiger partial charge in [-0.25, -0.2) is 14.5 Å².